The summed E-state index contributed by atoms with van der Waals surface area (Å²) in [5, 5.41) is 10.5. The van der Waals surface area contributed by atoms with Gasteiger partial charge in [-0.25, -0.2) is 0 Å². The number of aliphatic hydroxyl groups excluding tert-OH is 1. The van der Waals surface area contributed by atoms with Crippen molar-refractivity contribution in [3.05, 3.63) is 41.5 Å². The lowest BCUT2D eigenvalue weighted by atomic mass is 9.93. The summed E-state index contributed by atoms with van der Waals surface area (Å²) in [5.74, 6) is 0. The number of aliphatic hydroxyl groups is 1. The molecule has 2 heteroatoms. The summed E-state index contributed by atoms with van der Waals surface area (Å²) in [6, 6.07) is 8.23. The lowest BCUT2D eigenvalue weighted by molar-refractivity contribution is 0.209. The fourth-order valence-corrected chi connectivity index (χ4v) is 2.63. The molecule has 1 aliphatic rings. The van der Waals surface area contributed by atoms with Crippen LogP contribution in [0, 0.1) is 0 Å². The highest BCUT2D eigenvalue weighted by atomic mass is 16.3. The molecule has 0 fully saturated rings. The van der Waals surface area contributed by atoms with E-state index in [0.717, 1.165) is 18.4 Å². The Bertz CT molecular complexity index is 419. The quantitative estimate of drug-likeness (QED) is 0.827. The smallest absolute Gasteiger partial charge is 0.100 e. The van der Waals surface area contributed by atoms with E-state index in [1.165, 1.54) is 36.9 Å². The predicted octanol–water partition coefficient (Wildman–Crippen LogP) is 4.07. The number of hydrogen-bond donors (Lipinski definition) is 1. The largest absolute Gasteiger partial charge is 0.384 e. The second kappa shape index (κ2) is 6.76. The van der Waals surface area contributed by atoms with Gasteiger partial charge >= 0.3 is 0 Å². The van der Waals surface area contributed by atoms with Gasteiger partial charge in [-0.2, -0.15) is 0 Å². The van der Waals surface area contributed by atoms with Crippen molar-refractivity contribution in [1.29, 1.82) is 0 Å². The van der Waals surface area contributed by atoms with Crippen LogP contribution >= 0.6 is 0 Å². The third kappa shape index (κ3) is 3.84. The number of anilines is 1. The summed E-state index contributed by atoms with van der Waals surface area (Å²) in [6.45, 7) is 0. The Morgan fingerprint density at radius 3 is 2.37 bits per heavy atom. The molecule has 0 saturated carbocycles. The minimum atomic E-state index is -0.422. The third-order valence-electron chi connectivity index (χ3n) is 3.90. The number of allylic oxidation sites excluding steroid dienone is 1. The minimum Gasteiger partial charge on any atom is -0.384 e. The number of nitrogens with zero attached hydrogens (tertiary/aromatic N) is 1. The molecule has 2 nitrogen and oxygen atoms in total. The zero-order valence-electron chi connectivity index (χ0n) is 12.1. The van der Waals surface area contributed by atoms with Gasteiger partial charge in [-0.1, -0.05) is 31.1 Å². The Kier molecular flexibility index (Phi) is 5.03. The molecule has 0 amide bonds. The van der Waals surface area contributed by atoms with Gasteiger partial charge in [-0.15, -0.1) is 0 Å². The average molecular weight is 259 g/mol. The van der Waals surface area contributed by atoms with Crippen molar-refractivity contribution in [1.82, 2.24) is 0 Å². The van der Waals surface area contributed by atoms with Gasteiger partial charge in [0.2, 0.25) is 0 Å². The number of benzene rings is 1. The molecule has 1 aliphatic carbocycles. The van der Waals surface area contributed by atoms with Crippen molar-refractivity contribution in [2.45, 2.75) is 44.6 Å². The van der Waals surface area contributed by atoms with Crippen molar-refractivity contribution >= 4 is 5.69 Å². The predicted molar refractivity (Wildman–Crippen MR) is 81.5 cm³/mol. The van der Waals surface area contributed by atoms with Crippen LogP contribution in [0.5, 0.6) is 0 Å². The van der Waals surface area contributed by atoms with Crippen molar-refractivity contribution in [3.8, 4) is 0 Å². The van der Waals surface area contributed by atoms with Crippen LogP contribution in [0.15, 0.2) is 35.9 Å². The van der Waals surface area contributed by atoms with E-state index >= 15 is 0 Å². The molecule has 0 aromatic heterocycles. The number of hydrogen-bond acceptors (Lipinski definition) is 2. The molecule has 0 saturated heterocycles. The molecule has 0 heterocycles. The first kappa shape index (κ1) is 14.1. The molecule has 1 aromatic carbocycles. The van der Waals surface area contributed by atoms with E-state index in [1.54, 1.807) is 0 Å². The van der Waals surface area contributed by atoms with Crippen molar-refractivity contribution in [2.75, 3.05) is 19.0 Å². The van der Waals surface area contributed by atoms with Crippen LogP contribution in [-0.2, 0) is 0 Å². The highest BCUT2D eigenvalue weighted by molar-refractivity contribution is 5.47. The molecule has 0 radical (unpaired) electrons. The van der Waals surface area contributed by atoms with E-state index in [1.807, 2.05) is 26.2 Å². The molecular formula is C17H25NO. The molecule has 0 bridgehead atoms. The second-order valence-corrected chi connectivity index (χ2v) is 5.62. The first-order valence-electron chi connectivity index (χ1n) is 7.33. The van der Waals surface area contributed by atoms with Crippen LogP contribution in [0.2, 0.25) is 0 Å². The molecule has 0 spiro atoms. The van der Waals surface area contributed by atoms with Gasteiger partial charge in [0.05, 0.1) is 0 Å². The minimum absolute atomic E-state index is 0.422. The maximum absolute atomic E-state index is 10.5. The van der Waals surface area contributed by atoms with E-state index < -0.39 is 6.10 Å². The molecule has 0 aliphatic heterocycles. The van der Waals surface area contributed by atoms with Gasteiger partial charge in [0, 0.05) is 19.8 Å². The van der Waals surface area contributed by atoms with E-state index in [9.17, 15) is 5.11 Å². The summed E-state index contributed by atoms with van der Waals surface area (Å²) in [5.41, 5.74) is 3.39. The Morgan fingerprint density at radius 2 is 1.68 bits per heavy atom. The van der Waals surface area contributed by atoms with Gasteiger partial charge in [-0.05, 0) is 49.0 Å². The van der Waals surface area contributed by atoms with Crippen LogP contribution in [0.3, 0.4) is 0 Å². The molecule has 104 valence electrons. The molecule has 1 unspecified atom stereocenters. The molecule has 19 heavy (non-hydrogen) atoms. The highest BCUT2D eigenvalue weighted by Crippen LogP contribution is 2.29. The monoisotopic (exact) mass is 259 g/mol. The Morgan fingerprint density at radius 1 is 1.00 bits per heavy atom. The van der Waals surface area contributed by atoms with Crippen LogP contribution in [-0.4, -0.2) is 19.2 Å². The summed E-state index contributed by atoms with van der Waals surface area (Å²) >= 11 is 0. The van der Waals surface area contributed by atoms with E-state index in [4.69, 9.17) is 0 Å². The molecule has 1 N–H and O–H groups in total. The zero-order valence-corrected chi connectivity index (χ0v) is 12.1. The van der Waals surface area contributed by atoms with E-state index in [-0.39, 0.29) is 0 Å². The summed E-state index contributed by atoms with van der Waals surface area (Å²) in [6.07, 6.45) is 9.08. The molecule has 1 atom stereocenters. The normalized spacial score (nSPS) is 20.9. The summed E-state index contributed by atoms with van der Waals surface area (Å²) in [4.78, 5) is 2.07. The first-order valence-corrected chi connectivity index (χ1v) is 7.33. The third-order valence-corrected chi connectivity index (χ3v) is 3.90. The fourth-order valence-electron chi connectivity index (χ4n) is 2.63. The fraction of sp³-hybridized carbons (Fsp3) is 0.529. The van der Waals surface area contributed by atoms with Crippen LogP contribution < -0.4 is 4.90 Å². The van der Waals surface area contributed by atoms with Gasteiger partial charge < -0.3 is 10.0 Å². The SMILES string of the molecule is CN(C)c1ccc(C(O)/C2=C/CCCCCC2)cc1. The maximum atomic E-state index is 10.5. The van der Waals surface area contributed by atoms with Crippen molar-refractivity contribution < 1.29 is 5.11 Å². The summed E-state index contributed by atoms with van der Waals surface area (Å²) < 4.78 is 0. The average Bonchev–Trinajstić information content (AvgIpc) is 2.38. The zero-order chi connectivity index (χ0) is 13.7. The first-order chi connectivity index (χ1) is 9.18. The van der Waals surface area contributed by atoms with Crippen molar-refractivity contribution in [2.24, 2.45) is 0 Å². The highest BCUT2D eigenvalue weighted by Gasteiger charge is 2.14. The van der Waals surface area contributed by atoms with Crippen LogP contribution in [0.25, 0.3) is 0 Å². The maximum Gasteiger partial charge on any atom is 0.100 e. The number of rotatable bonds is 3. The van der Waals surface area contributed by atoms with Gasteiger partial charge in [-0.3, -0.25) is 0 Å². The van der Waals surface area contributed by atoms with Gasteiger partial charge in [0.1, 0.15) is 6.10 Å². The van der Waals surface area contributed by atoms with Crippen LogP contribution in [0.1, 0.15) is 50.2 Å². The van der Waals surface area contributed by atoms with Gasteiger partial charge in [0.25, 0.3) is 0 Å². The Hall–Kier alpha value is -1.28. The van der Waals surface area contributed by atoms with E-state index in [0.29, 0.717) is 0 Å². The van der Waals surface area contributed by atoms with Gasteiger partial charge in [0.15, 0.2) is 0 Å². The standard InChI is InChI=1S/C17H25NO/c1-18(2)16-12-10-15(11-13-16)17(19)14-8-6-4-3-5-7-9-14/h8,10-13,17,19H,3-7,9H2,1-2H3/b14-8+. The Balaban J connectivity index is 2.11. The molecule has 1 aromatic rings. The topological polar surface area (TPSA) is 23.5 Å². The lowest BCUT2D eigenvalue weighted by Gasteiger charge is -2.19. The lowest BCUT2D eigenvalue weighted by Crippen LogP contribution is -2.09. The summed E-state index contributed by atoms with van der Waals surface area (Å²) in [7, 11) is 4.06. The Labute approximate surface area is 116 Å². The van der Waals surface area contributed by atoms with Crippen molar-refractivity contribution in [3.63, 3.8) is 0 Å². The van der Waals surface area contributed by atoms with Crippen LogP contribution in [0.4, 0.5) is 5.69 Å². The second-order valence-electron chi connectivity index (χ2n) is 5.62. The molecular weight excluding hydrogens is 234 g/mol. The molecule has 2 rings (SSSR count). The van der Waals surface area contributed by atoms with E-state index in [2.05, 4.69) is 23.1 Å².